The van der Waals surface area contributed by atoms with Crippen LogP contribution in [-0.2, 0) is 6.61 Å². The molecule has 1 saturated carbocycles. The lowest BCUT2D eigenvalue weighted by Gasteiger charge is -2.34. The molecule has 6 heteroatoms. The molecule has 1 aliphatic rings. The van der Waals surface area contributed by atoms with Crippen molar-refractivity contribution >= 4 is 5.91 Å². The van der Waals surface area contributed by atoms with Gasteiger partial charge in [-0.05, 0) is 54.1 Å². The second-order valence-corrected chi connectivity index (χ2v) is 6.98. The topological polar surface area (TPSA) is 87.1 Å². The first-order valence-electron chi connectivity index (χ1n) is 9.29. The van der Waals surface area contributed by atoms with Crippen LogP contribution in [0.25, 0.3) is 10.4 Å². The molecule has 6 nitrogen and oxygen atoms in total. The number of nitrogens with zero attached hydrogens (tertiary/aromatic N) is 3. The Morgan fingerprint density at radius 1 is 1.19 bits per heavy atom. The Hall–Kier alpha value is -2.98. The summed E-state index contributed by atoms with van der Waals surface area (Å²) in [5.74, 6) is 0.849. The number of benzene rings is 2. The lowest BCUT2D eigenvalue weighted by Crippen LogP contribution is -2.48. The summed E-state index contributed by atoms with van der Waals surface area (Å²) in [5.41, 5.74) is 10.4. The fourth-order valence-corrected chi connectivity index (χ4v) is 3.50. The van der Waals surface area contributed by atoms with Crippen LogP contribution in [0.15, 0.2) is 59.7 Å². The molecule has 2 aromatic rings. The Bertz CT molecular complexity index is 801. The van der Waals surface area contributed by atoms with E-state index in [1.165, 1.54) is 0 Å². The lowest BCUT2D eigenvalue weighted by molar-refractivity contribution is 0.0900. The highest BCUT2D eigenvalue weighted by atomic mass is 16.5. The van der Waals surface area contributed by atoms with Crippen LogP contribution in [0.2, 0.25) is 0 Å². The maximum atomic E-state index is 12.6. The minimum absolute atomic E-state index is 0.129. The first kappa shape index (κ1) is 18.8. The summed E-state index contributed by atoms with van der Waals surface area (Å²) in [5, 5.41) is 6.93. The molecule has 1 aliphatic carbocycles. The van der Waals surface area contributed by atoms with Crippen molar-refractivity contribution in [2.24, 2.45) is 11.0 Å². The van der Waals surface area contributed by atoms with Gasteiger partial charge in [0.15, 0.2) is 0 Å². The van der Waals surface area contributed by atoms with Crippen molar-refractivity contribution in [2.45, 2.75) is 44.9 Å². The maximum Gasteiger partial charge on any atom is 0.251 e. The Kier molecular flexibility index (Phi) is 6.34. The summed E-state index contributed by atoms with van der Waals surface area (Å²) in [6.45, 7) is 2.57. The summed E-state index contributed by atoms with van der Waals surface area (Å²) in [6, 6.07) is 16.7. The van der Waals surface area contributed by atoms with Gasteiger partial charge in [-0.3, -0.25) is 4.79 Å². The van der Waals surface area contributed by atoms with Gasteiger partial charge in [0.1, 0.15) is 12.4 Å². The summed E-state index contributed by atoms with van der Waals surface area (Å²) >= 11 is 0. The average molecular weight is 364 g/mol. The predicted octanol–water partition coefficient (Wildman–Crippen LogP) is 4.86. The number of ether oxygens (including phenoxy) is 1. The number of carbonyl (C=O) groups is 1. The highest BCUT2D eigenvalue weighted by Crippen LogP contribution is 2.27. The van der Waals surface area contributed by atoms with Crippen molar-refractivity contribution in [3.05, 3.63) is 76.2 Å². The van der Waals surface area contributed by atoms with E-state index in [-0.39, 0.29) is 23.9 Å². The van der Waals surface area contributed by atoms with E-state index in [4.69, 9.17) is 10.3 Å². The van der Waals surface area contributed by atoms with E-state index in [1.54, 1.807) is 24.3 Å². The van der Waals surface area contributed by atoms with Crippen LogP contribution in [-0.4, -0.2) is 18.0 Å². The zero-order chi connectivity index (χ0) is 19.1. The molecule has 2 aromatic carbocycles. The number of nitrogens with one attached hydrogen (secondary N) is 1. The monoisotopic (exact) mass is 364 g/mol. The van der Waals surface area contributed by atoms with E-state index in [9.17, 15) is 4.79 Å². The zero-order valence-corrected chi connectivity index (χ0v) is 15.4. The molecule has 0 heterocycles. The highest BCUT2D eigenvalue weighted by molar-refractivity contribution is 5.94. The molecule has 1 N–H and O–H groups in total. The van der Waals surface area contributed by atoms with E-state index >= 15 is 0 Å². The van der Waals surface area contributed by atoms with Gasteiger partial charge in [-0.25, -0.2) is 0 Å². The van der Waals surface area contributed by atoms with Gasteiger partial charge in [0.25, 0.3) is 5.91 Å². The lowest BCUT2D eigenvalue weighted by atomic mass is 9.82. The Morgan fingerprint density at radius 3 is 2.63 bits per heavy atom. The number of carbonyl (C=O) groups excluding carboxylic acids is 1. The molecule has 0 aliphatic heterocycles. The van der Waals surface area contributed by atoms with E-state index in [0.29, 0.717) is 17.9 Å². The van der Waals surface area contributed by atoms with Gasteiger partial charge in [0, 0.05) is 16.5 Å². The fraction of sp³-hybridized carbons (Fsp3) is 0.381. The van der Waals surface area contributed by atoms with Gasteiger partial charge in [-0.1, -0.05) is 48.8 Å². The number of hydrogen-bond acceptors (Lipinski definition) is 3. The Morgan fingerprint density at radius 2 is 1.93 bits per heavy atom. The van der Waals surface area contributed by atoms with Gasteiger partial charge < -0.3 is 10.1 Å². The van der Waals surface area contributed by atoms with Crippen molar-refractivity contribution < 1.29 is 9.53 Å². The van der Waals surface area contributed by atoms with Crippen LogP contribution in [0.1, 0.15) is 42.1 Å². The van der Waals surface area contributed by atoms with E-state index in [0.717, 1.165) is 24.8 Å². The van der Waals surface area contributed by atoms with E-state index in [1.807, 2.05) is 30.3 Å². The molecule has 0 radical (unpaired) electrons. The summed E-state index contributed by atoms with van der Waals surface area (Å²) in [7, 11) is 0. The quantitative estimate of drug-likeness (QED) is 0.450. The second-order valence-electron chi connectivity index (χ2n) is 6.98. The molecule has 3 atom stereocenters. The van der Waals surface area contributed by atoms with E-state index in [2.05, 4.69) is 22.3 Å². The molecule has 0 saturated heterocycles. The van der Waals surface area contributed by atoms with Crippen molar-refractivity contribution in [3.63, 3.8) is 0 Å². The summed E-state index contributed by atoms with van der Waals surface area (Å²) in [6.07, 6.45) is 2.85. The number of hydrogen-bond donors (Lipinski definition) is 1. The molecule has 3 unspecified atom stereocenters. The molecular formula is C21H24N4O2. The SMILES string of the molecule is CC1CCCC(N=[N+]=[N-])C1NC(=O)c1ccc(OCc2ccccc2)cc1. The number of rotatable bonds is 6. The van der Waals surface area contributed by atoms with Crippen LogP contribution in [0.3, 0.4) is 0 Å². The van der Waals surface area contributed by atoms with Crippen LogP contribution in [0.4, 0.5) is 0 Å². The molecule has 140 valence electrons. The molecule has 27 heavy (non-hydrogen) atoms. The fourth-order valence-electron chi connectivity index (χ4n) is 3.50. The second kappa shape index (κ2) is 9.10. The van der Waals surface area contributed by atoms with Crippen LogP contribution in [0, 0.1) is 5.92 Å². The Labute approximate surface area is 159 Å². The van der Waals surface area contributed by atoms with Gasteiger partial charge >= 0.3 is 0 Å². The van der Waals surface area contributed by atoms with Crippen molar-refractivity contribution in [3.8, 4) is 5.75 Å². The van der Waals surface area contributed by atoms with Gasteiger partial charge in [0.2, 0.25) is 0 Å². The highest BCUT2D eigenvalue weighted by Gasteiger charge is 2.31. The third-order valence-electron chi connectivity index (χ3n) is 5.05. The minimum atomic E-state index is -0.184. The van der Waals surface area contributed by atoms with Gasteiger partial charge in [-0.2, -0.15) is 0 Å². The normalized spacial score (nSPS) is 21.7. The number of amides is 1. The van der Waals surface area contributed by atoms with Crippen molar-refractivity contribution in [1.29, 1.82) is 0 Å². The smallest absolute Gasteiger partial charge is 0.251 e. The first-order chi connectivity index (χ1) is 13.2. The largest absolute Gasteiger partial charge is 0.489 e. The third-order valence-corrected chi connectivity index (χ3v) is 5.05. The molecule has 3 rings (SSSR count). The van der Waals surface area contributed by atoms with Crippen LogP contribution in [0.5, 0.6) is 5.75 Å². The molecule has 0 aromatic heterocycles. The molecular weight excluding hydrogens is 340 g/mol. The van der Waals surface area contributed by atoms with Gasteiger partial charge in [0.05, 0.1) is 6.04 Å². The minimum Gasteiger partial charge on any atom is -0.489 e. The van der Waals surface area contributed by atoms with Crippen LogP contribution < -0.4 is 10.1 Å². The Balaban J connectivity index is 1.60. The van der Waals surface area contributed by atoms with Crippen LogP contribution >= 0.6 is 0 Å². The van der Waals surface area contributed by atoms with Crippen molar-refractivity contribution in [2.75, 3.05) is 0 Å². The molecule has 0 bridgehead atoms. The standard InChI is InChI=1S/C21H24N4O2/c1-15-6-5-9-19(24-25-22)20(15)23-21(26)17-10-12-18(13-11-17)27-14-16-7-3-2-4-8-16/h2-4,7-8,10-13,15,19-20H,5-6,9,14H2,1H3,(H,23,26). The van der Waals surface area contributed by atoms with E-state index < -0.39 is 0 Å². The van der Waals surface area contributed by atoms with Gasteiger partial charge in [-0.15, -0.1) is 0 Å². The number of azide groups is 1. The summed E-state index contributed by atoms with van der Waals surface area (Å²) < 4.78 is 5.76. The molecule has 0 spiro atoms. The molecule has 1 amide bonds. The zero-order valence-electron chi connectivity index (χ0n) is 15.4. The van der Waals surface area contributed by atoms with Crippen molar-refractivity contribution in [1.82, 2.24) is 5.32 Å². The third kappa shape index (κ3) is 5.02. The predicted molar refractivity (Wildman–Crippen MR) is 104 cm³/mol. The molecule has 1 fully saturated rings. The first-order valence-corrected chi connectivity index (χ1v) is 9.29. The average Bonchev–Trinajstić information content (AvgIpc) is 2.70. The summed E-state index contributed by atoms with van der Waals surface area (Å²) in [4.78, 5) is 15.6. The maximum absolute atomic E-state index is 12.6.